The molecule has 3 rings (SSSR count). The fourth-order valence-electron chi connectivity index (χ4n) is 2.73. The Balaban J connectivity index is 2.18. The molecule has 0 aliphatic heterocycles. The minimum Gasteiger partial charge on any atom is -0.493 e. The molecule has 0 aliphatic rings. The number of aromatic amines is 1. The van der Waals surface area contributed by atoms with E-state index in [1.54, 1.807) is 17.6 Å². The van der Waals surface area contributed by atoms with E-state index in [-0.39, 0.29) is 17.3 Å². The molecule has 0 bridgehead atoms. The zero-order valence-corrected chi connectivity index (χ0v) is 16.3. The van der Waals surface area contributed by atoms with E-state index in [1.807, 2.05) is 44.2 Å². The highest BCUT2D eigenvalue weighted by Crippen LogP contribution is 2.20. The molecule has 0 fully saturated rings. The van der Waals surface area contributed by atoms with Crippen LogP contribution in [-0.4, -0.2) is 34.7 Å². The number of aryl methyl sites for hydroxylation is 1. The predicted molar refractivity (Wildman–Crippen MR) is 107 cm³/mol. The molecular weight excluding hydrogens is 356 g/mol. The summed E-state index contributed by atoms with van der Waals surface area (Å²) >= 11 is 0. The Bertz CT molecular complexity index is 1170. The molecule has 0 saturated heterocycles. The van der Waals surface area contributed by atoms with Crippen molar-refractivity contribution in [1.82, 2.24) is 29.5 Å². The van der Waals surface area contributed by atoms with Crippen molar-refractivity contribution in [3.05, 3.63) is 69.6 Å². The van der Waals surface area contributed by atoms with Crippen molar-refractivity contribution >= 4 is 5.65 Å². The van der Waals surface area contributed by atoms with Gasteiger partial charge in [-0.25, -0.2) is 14.5 Å². The van der Waals surface area contributed by atoms with Gasteiger partial charge in [-0.15, -0.1) is 0 Å². The van der Waals surface area contributed by atoms with E-state index in [9.17, 15) is 9.90 Å². The van der Waals surface area contributed by atoms with Crippen molar-refractivity contribution in [2.75, 3.05) is 0 Å². The maximum absolute atomic E-state index is 12.0. The third kappa shape index (κ3) is 3.90. The van der Waals surface area contributed by atoms with Gasteiger partial charge in [0.25, 0.3) is 5.56 Å². The number of H-pyrrole nitrogens is 1. The van der Waals surface area contributed by atoms with Crippen LogP contribution in [0.15, 0.2) is 46.9 Å². The highest BCUT2D eigenvalue weighted by atomic mass is 16.3. The molecule has 2 N–H and O–H groups in total. The average molecular weight is 378 g/mol. The van der Waals surface area contributed by atoms with E-state index >= 15 is 0 Å². The molecule has 0 atom stereocenters. The van der Waals surface area contributed by atoms with Gasteiger partial charge in [-0.3, -0.25) is 4.79 Å². The lowest BCUT2D eigenvalue weighted by Crippen LogP contribution is -2.13. The molecule has 8 heteroatoms. The number of allylic oxidation sites excluding steroid dienone is 6. The zero-order valence-electron chi connectivity index (χ0n) is 16.3. The number of aromatic nitrogens is 6. The van der Waals surface area contributed by atoms with Crippen molar-refractivity contribution in [2.24, 2.45) is 0 Å². The van der Waals surface area contributed by atoms with E-state index in [2.05, 4.69) is 25.0 Å². The Morgan fingerprint density at radius 2 is 2.00 bits per heavy atom. The maximum atomic E-state index is 12.0. The Hall–Kier alpha value is -3.55. The topological polar surface area (TPSA) is 109 Å². The van der Waals surface area contributed by atoms with Gasteiger partial charge in [0.1, 0.15) is 11.5 Å². The molecular formula is C20H22N6O2. The van der Waals surface area contributed by atoms with Crippen LogP contribution in [0.3, 0.4) is 0 Å². The number of fused-ring (bicyclic) bond motifs is 1. The second kappa shape index (κ2) is 7.99. The minimum atomic E-state index is -0.414. The van der Waals surface area contributed by atoms with Crippen LogP contribution in [0.2, 0.25) is 0 Å². The molecule has 0 saturated carbocycles. The van der Waals surface area contributed by atoms with Crippen LogP contribution >= 0.6 is 0 Å². The number of nitrogens with zero attached hydrogens (tertiary/aromatic N) is 5. The number of aromatic hydroxyl groups is 1. The van der Waals surface area contributed by atoms with Crippen LogP contribution in [0.4, 0.5) is 0 Å². The second-order valence-corrected chi connectivity index (χ2v) is 6.31. The van der Waals surface area contributed by atoms with Crippen LogP contribution in [0.25, 0.3) is 17.2 Å². The molecule has 8 nitrogen and oxygen atoms in total. The third-order valence-corrected chi connectivity index (χ3v) is 4.12. The molecule has 144 valence electrons. The highest BCUT2D eigenvalue weighted by molar-refractivity contribution is 5.56. The van der Waals surface area contributed by atoms with Gasteiger partial charge < -0.3 is 10.1 Å². The first-order valence-corrected chi connectivity index (χ1v) is 8.90. The van der Waals surface area contributed by atoms with Crippen LogP contribution in [-0.2, 0) is 6.42 Å². The minimum absolute atomic E-state index is 0.159. The molecule has 3 aromatic rings. The summed E-state index contributed by atoms with van der Waals surface area (Å²) in [6, 6.07) is 0. The van der Waals surface area contributed by atoms with Gasteiger partial charge in [0.05, 0.1) is 17.5 Å². The standard InChI is InChI=1S/C20H22N6O2/c1-5-7-9-14(8-6-2)10-15-18-21-13(4)25-26(18)11-16(22-15)17-23-19(27)12(3)20(28)24-17/h5-9,11H,10H2,1-4H3,(H2,23,24,27,28)/b7-5-,8-6-,14-9+. The Kier molecular flexibility index (Phi) is 5.49. The van der Waals surface area contributed by atoms with E-state index in [0.29, 0.717) is 29.3 Å². The van der Waals surface area contributed by atoms with E-state index in [4.69, 9.17) is 0 Å². The lowest BCUT2D eigenvalue weighted by atomic mass is 10.1. The van der Waals surface area contributed by atoms with Gasteiger partial charge in [-0.05, 0) is 33.3 Å². The summed E-state index contributed by atoms with van der Waals surface area (Å²) in [6.45, 7) is 7.21. The SMILES string of the molecule is C\C=C/C=C(\C=C/C)Cc1nc(-c2nc(O)c(C)c(=O)[nH]2)cn2nc(C)nc12. The van der Waals surface area contributed by atoms with Gasteiger partial charge in [-0.2, -0.15) is 10.1 Å². The summed E-state index contributed by atoms with van der Waals surface area (Å²) in [6.07, 6.45) is 12.0. The Labute approximate surface area is 162 Å². The second-order valence-electron chi connectivity index (χ2n) is 6.31. The lowest BCUT2D eigenvalue weighted by Gasteiger charge is -2.08. The molecule has 3 heterocycles. The predicted octanol–water partition coefficient (Wildman–Crippen LogP) is 2.82. The maximum Gasteiger partial charge on any atom is 0.257 e. The lowest BCUT2D eigenvalue weighted by molar-refractivity contribution is 0.447. The van der Waals surface area contributed by atoms with Crippen LogP contribution in [0.5, 0.6) is 5.88 Å². The largest absolute Gasteiger partial charge is 0.493 e. The molecule has 0 spiro atoms. The van der Waals surface area contributed by atoms with Crippen LogP contribution < -0.4 is 5.56 Å². The molecule has 28 heavy (non-hydrogen) atoms. The van der Waals surface area contributed by atoms with Crippen LogP contribution in [0.1, 0.15) is 30.9 Å². The van der Waals surface area contributed by atoms with E-state index in [0.717, 1.165) is 5.57 Å². The number of nitrogens with one attached hydrogen (secondary N) is 1. The van der Waals surface area contributed by atoms with Gasteiger partial charge in [0.2, 0.25) is 5.88 Å². The fourth-order valence-corrected chi connectivity index (χ4v) is 2.73. The summed E-state index contributed by atoms with van der Waals surface area (Å²) in [5.74, 6) is 0.465. The number of hydrogen-bond donors (Lipinski definition) is 2. The van der Waals surface area contributed by atoms with Crippen molar-refractivity contribution in [2.45, 2.75) is 34.1 Å². The van der Waals surface area contributed by atoms with Crippen molar-refractivity contribution in [1.29, 1.82) is 0 Å². The van der Waals surface area contributed by atoms with Crippen LogP contribution in [0, 0.1) is 13.8 Å². The molecule has 0 amide bonds. The van der Waals surface area contributed by atoms with E-state index in [1.165, 1.54) is 6.92 Å². The first kappa shape index (κ1) is 19.2. The molecule has 0 radical (unpaired) electrons. The molecule has 0 aliphatic carbocycles. The van der Waals surface area contributed by atoms with Gasteiger partial charge >= 0.3 is 0 Å². The van der Waals surface area contributed by atoms with Gasteiger partial charge in [-0.1, -0.05) is 30.4 Å². The normalized spacial score (nSPS) is 12.6. The number of rotatable bonds is 5. The summed E-state index contributed by atoms with van der Waals surface area (Å²) in [7, 11) is 0. The highest BCUT2D eigenvalue weighted by Gasteiger charge is 2.15. The van der Waals surface area contributed by atoms with Crippen molar-refractivity contribution < 1.29 is 5.11 Å². The summed E-state index contributed by atoms with van der Waals surface area (Å²) in [5.41, 5.74) is 2.51. The summed E-state index contributed by atoms with van der Waals surface area (Å²) < 4.78 is 1.62. The smallest absolute Gasteiger partial charge is 0.257 e. The Morgan fingerprint density at radius 3 is 2.68 bits per heavy atom. The van der Waals surface area contributed by atoms with Crippen molar-refractivity contribution in [3.8, 4) is 17.4 Å². The number of hydrogen-bond acceptors (Lipinski definition) is 6. The Morgan fingerprint density at radius 1 is 1.21 bits per heavy atom. The summed E-state index contributed by atoms with van der Waals surface area (Å²) in [4.78, 5) is 27.9. The third-order valence-electron chi connectivity index (χ3n) is 4.12. The monoisotopic (exact) mass is 378 g/mol. The first-order valence-electron chi connectivity index (χ1n) is 8.90. The van der Waals surface area contributed by atoms with Gasteiger partial charge in [0, 0.05) is 6.42 Å². The first-order chi connectivity index (χ1) is 13.4. The fraction of sp³-hybridized carbons (Fsp3) is 0.250. The average Bonchev–Trinajstić information content (AvgIpc) is 3.04. The van der Waals surface area contributed by atoms with Gasteiger partial charge in [0.15, 0.2) is 11.5 Å². The molecule has 3 aromatic heterocycles. The molecule has 0 aromatic carbocycles. The summed E-state index contributed by atoms with van der Waals surface area (Å²) in [5, 5.41) is 14.3. The van der Waals surface area contributed by atoms with Crippen molar-refractivity contribution in [3.63, 3.8) is 0 Å². The van der Waals surface area contributed by atoms with E-state index < -0.39 is 5.56 Å². The molecule has 0 unspecified atom stereocenters. The zero-order chi connectivity index (χ0) is 20.3. The quantitative estimate of drug-likeness (QED) is 0.661.